The van der Waals surface area contributed by atoms with Crippen LogP contribution in [0.5, 0.6) is 0 Å². The van der Waals surface area contributed by atoms with E-state index in [2.05, 4.69) is 20.5 Å². The van der Waals surface area contributed by atoms with Crippen LogP contribution in [0.15, 0.2) is 29.3 Å². The molecule has 7 nitrogen and oxygen atoms in total. The van der Waals surface area contributed by atoms with Crippen molar-refractivity contribution < 1.29 is 0 Å². The summed E-state index contributed by atoms with van der Waals surface area (Å²) >= 11 is 0. The molecule has 0 saturated heterocycles. The molecule has 0 aromatic carbocycles. The molecule has 0 radical (unpaired) electrons. The van der Waals surface area contributed by atoms with Gasteiger partial charge in [-0.2, -0.15) is 5.10 Å². The summed E-state index contributed by atoms with van der Waals surface area (Å²) in [7, 11) is 0. The van der Waals surface area contributed by atoms with Crippen LogP contribution in [-0.2, 0) is 6.54 Å². The molecule has 17 heavy (non-hydrogen) atoms. The molecule has 2 aromatic rings. The molecule has 7 heteroatoms. The van der Waals surface area contributed by atoms with Crippen LogP contribution in [0, 0.1) is 6.92 Å². The van der Waals surface area contributed by atoms with Crippen LogP contribution in [-0.4, -0.2) is 19.7 Å². The van der Waals surface area contributed by atoms with Crippen LogP contribution >= 0.6 is 0 Å². The Morgan fingerprint density at radius 3 is 2.82 bits per heavy atom. The smallest absolute Gasteiger partial charge is 0.267 e. The Bertz CT molecular complexity index is 562. The number of nitrogens with zero attached hydrogens (tertiary/aromatic N) is 4. The third-order valence-corrected chi connectivity index (χ3v) is 2.16. The van der Waals surface area contributed by atoms with Gasteiger partial charge in [0.05, 0.1) is 30.3 Å². The predicted molar refractivity (Wildman–Crippen MR) is 62.2 cm³/mol. The molecule has 0 saturated carbocycles. The molecule has 0 aliphatic rings. The maximum Gasteiger partial charge on any atom is 0.267 e. The molecule has 0 spiro atoms. The Hall–Kier alpha value is -2.28. The van der Waals surface area contributed by atoms with Gasteiger partial charge in [-0.25, -0.2) is 15.5 Å². The van der Waals surface area contributed by atoms with Crippen molar-refractivity contribution in [2.45, 2.75) is 13.5 Å². The van der Waals surface area contributed by atoms with E-state index in [0.717, 1.165) is 5.69 Å². The molecule has 0 aliphatic heterocycles. The minimum Gasteiger partial charge on any atom is -0.307 e. The van der Waals surface area contributed by atoms with E-state index in [1.54, 1.807) is 12.3 Å². The zero-order valence-electron chi connectivity index (χ0n) is 9.29. The molecule has 2 rings (SSSR count). The van der Waals surface area contributed by atoms with Gasteiger partial charge < -0.3 is 5.43 Å². The number of nitrogen functional groups attached to an aromatic ring is 1. The topological polar surface area (TPSA) is 98.7 Å². The minimum absolute atomic E-state index is 0.168. The number of rotatable bonds is 3. The lowest BCUT2D eigenvalue weighted by Crippen LogP contribution is -2.23. The Morgan fingerprint density at radius 1 is 1.35 bits per heavy atom. The number of hydrazine groups is 1. The molecular weight excluding hydrogens is 220 g/mol. The van der Waals surface area contributed by atoms with Gasteiger partial charge >= 0.3 is 0 Å². The third-order valence-electron chi connectivity index (χ3n) is 2.16. The molecule has 88 valence electrons. The highest BCUT2D eigenvalue weighted by atomic mass is 16.1. The van der Waals surface area contributed by atoms with Gasteiger partial charge in [0.25, 0.3) is 5.56 Å². The van der Waals surface area contributed by atoms with Gasteiger partial charge in [-0.05, 0) is 13.0 Å². The van der Waals surface area contributed by atoms with Crippen molar-refractivity contribution in [1.29, 1.82) is 0 Å². The van der Waals surface area contributed by atoms with Crippen molar-refractivity contribution in [3.8, 4) is 0 Å². The highest BCUT2D eigenvalue weighted by Crippen LogP contribution is 1.99. The van der Waals surface area contributed by atoms with Crippen molar-refractivity contribution in [3.63, 3.8) is 0 Å². The standard InChI is InChI=1S/C10H12N6O/c1-7-2-3-10(17)16(15-7)6-8-4-13-9(14-11)5-12-8/h2-5H,6,11H2,1H3,(H,13,14). The van der Waals surface area contributed by atoms with E-state index < -0.39 is 0 Å². The van der Waals surface area contributed by atoms with E-state index >= 15 is 0 Å². The lowest BCUT2D eigenvalue weighted by atomic mass is 10.4. The summed E-state index contributed by atoms with van der Waals surface area (Å²) in [6, 6.07) is 3.15. The molecule has 0 aliphatic carbocycles. The molecule has 2 heterocycles. The van der Waals surface area contributed by atoms with Crippen molar-refractivity contribution in [2.24, 2.45) is 5.84 Å². The predicted octanol–water partition coefficient (Wildman–Crippen LogP) is -0.324. The molecule has 2 aromatic heterocycles. The first kappa shape index (κ1) is 11.2. The van der Waals surface area contributed by atoms with Gasteiger partial charge in [0.15, 0.2) is 5.82 Å². The summed E-state index contributed by atoms with van der Waals surface area (Å²) in [5, 5.41) is 4.11. The van der Waals surface area contributed by atoms with Crippen molar-refractivity contribution in [3.05, 3.63) is 46.3 Å². The van der Waals surface area contributed by atoms with Gasteiger partial charge in [-0.15, -0.1) is 0 Å². The van der Waals surface area contributed by atoms with Crippen molar-refractivity contribution >= 4 is 5.82 Å². The largest absolute Gasteiger partial charge is 0.307 e. The Morgan fingerprint density at radius 2 is 2.18 bits per heavy atom. The molecule has 0 bridgehead atoms. The molecule has 0 amide bonds. The fourth-order valence-corrected chi connectivity index (χ4v) is 1.33. The summed E-state index contributed by atoms with van der Waals surface area (Å²) in [6.07, 6.45) is 3.04. The van der Waals surface area contributed by atoms with Crippen molar-refractivity contribution in [2.75, 3.05) is 5.43 Å². The van der Waals surface area contributed by atoms with Crippen LogP contribution in [0.1, 0.15) is 11.4 Å². The SMILES string of the molecule is Cc1ccc(=O)n(Cc2cnc(NN)cn2)n1. The summed E-state index contributed by atoms with van der Waals surface area (Å²) in [4.78, 5) is 19.6. The van der Waals surface area contributed by atoms with Gasteiger partial charge in [-0.3, -0.25) is 9.78 Å². The summed E-state index contributed by atoms with van der Waals surface area (Å²) < 4.78 is 1.34. The number of nitrogens with one attached hydrogen (secondary N) is 1. The maximum atomic E-state index is 11.5. The zero-order chi connectivity index (χ0) is 12.3. The van der Waals surface area contributed by atoms with Crippen LogP contribution in [0.4, 0.5) is 5.82 Å². The monoisotopic (exact) mass is 232 g/mol. The second kappa shape index (κ2) is 4.71. The van der Waals surface area contributed by atoms with Crippen LogP contribution in [0.25, 0.3) is 0 Å². The summed E-state index contributed by atoms with van der Waals surface area (Å²) in [5.41, 5.74) is 3.63. The molecule has 0 atom stereocenters. The minimum atomic E-state index is -0.168. The number of anilines is 1. The average Bonchev–Trinajstić information content (AvgIpc) is 2.35. The first-order chi connectivity index (χ1) is 8.19. The highest BCUT2D eigenvalue weighted by Gasteiger charge is 2.01. The third kappa shape index (κ3) is 2.64. The van der Waals surface area contributed by atoms with Gasteiger partial charge in [-0.1, -0.05) is 0 Å². The van der Waals surface area contributed by atoms with E-state index in [9.17, 15) is 4.79 Å². The highest BCUT2D eigenvalue weighted by molar-refractivity contribution is 5.28. The first-order valence-electron chi connectivity index (χ1n) is 5.01. The van der Waals surface area contributed by atoms with Crippen LogP contribution in [0.2, 0.25) is 0 Å². The normalized spacial score (nSPS) is 10.2. The number of hydrogen-bond acceptors (Lipinski definition) is 6. The fourth-order valence-electron chi connectivity index (χ4n) is 1.33. The lowest BCUT2D eigenvalue weighted by molar-refractivity contribution is 0.616. The Kier molecular flexibility index (Phi) is 3.10. The second-order valence-electron chi connectivity index (χ2n) is 3.51. The quantitative estimate of drug-likeness (QED) is 0.555. The summed E-state index contributed by atoms with van der Waals surface area (Å²) in [5.74, 6) is 5.65. The van der Waals surface area contributed by atoms with E-state index in [0.29, 0.717) is 18.1 Å². The maximum absolute atomic E-state index is 11.5. The molecule has 3 N–H and O–H groups in total. The second-order valence-corrected chi connectivity index (χ2v) is 3.51. The summed E-state index contributed by atoms with van der Waals surface area (Å²) in [6.45, 7) is 2.11. The first-order valence-corrected chi connectivity index (χ1v) is 5.01. The molecular formula is C10H12N6O. The average molecular weight is 232 g/mol. The van der Waals surface area contributed by atoms with Crippen molar-refractivity contribution in [1.82, 2.24) is 19.7 Å². The van der Waals surface area contributed by atoms with E-state index in [1.165, 1.54) is 16.9 Å². The Balaban J connectivity index is 2.25. The molecule has 0 fully saturated rings. The van der Waals surface area contributed by atoms with Gasteiger partial charge in [0, 0.05) is 6.07 Å². The zero-order valence-corrected chi connectivity index (χ0v) is 9.29. The van der Waals surface area contributed by atoms with Gasteiger partial charge in [0.1, 0.15) is 0 Å². The number of nitrogens with two attached hydrogens (primary N) is 1. The molecule has 0 unspecified atom stereocenters. The van der Waals surface area contributed by atoms with Crippen LogP contribution in [0.3, 0.4) is 0 Å². The van der Waals surface area contributed by atoms with E-state index in [-0.39, 0.29) is 5.56 Å². The number of aryl methyl sites for hydroxylation is 1. The lowest BCUT2D eigenvalue weighted by Gasteiger charge is -2.04. The fraction of sp³-hybridized carbons (Fsp3) is 0.200. The Labute approximate surface area is 97.3 Å². The number of hydrogen-bond donors (Lipinski definition) is 2. The van der Waals surface area contributed by atoms with E-state index in [1.807, 2.05) is 6.92 Å². The number of aromatic nitrogens is 4. The van der Waals surface area contributed by atoms with E-state index in [4.69, 9.17) is 5.84 Å². The van der Waals surface area contributed by atoms with Crippen LogP contribution < -0.4 is 16.8 Å². The van der Waals surface area contributed by atoms with Gasteiger partial charge in [0.2, 0.25) is 0 Å².